The van der Waals surface area contributed by atoms with Gasteiger partial charge in [-0.3, -0.25) is 14.7 Å². The second-order valence-corrected chi connectivity index (χ2v) is 7.08. The van der Waals surface area contributed by atoms with E-state index in [1.807, 2.05) is 12.1 Å². The van der Waals surface area contributed by atoms with Crippen LogP contribution >= 0.6 is 11.6 Å². The smallest absolute Gasteiger partial charge is 0.313 e. The maximum atomic E-state index is 11.9. The number of carbonyl (C=O) groups excluding carboxylic acids is 1. The van der Waals surface area contributed by atoms with E-state index in [0.29, 0.717) is 16.3 Å². The van der Waals surface area contributed by atoms with Gasteiger partial charge in [0.25, 0.3) is 0 Å². The second-order valence-electron chi connectivity index (χ2n) is 6.64. The van der Waals surface area contributed by atoms with Gasteiger partial charge in [-0.25, -0.2) is 0 Å². The molecular formula is C22H27ClN2O2. The Balaban J connectivity index is 2.15. The number of hydrogen-bond acceptors (Lipinski definition) is 4. The molecule has 0 aliphatic carbocycles. The number of halogens is 1. The Labute approximate surface area is 166 Å². The van der Waals surface area contributed by atoms with Crippen molar-refractivity contribution < 1.29 is 9.53 Å². The van der Waals surface area contributed by atoms with Gasteiger partial charge >= 0.3 is 5.97 Å². The van der Waals surface area contributed by atoms with E-state index in [-0.39, 0.29) is 11.9 Å². The fourth-order valence-electron chi connectivity index (χ4n) is 2.48. The molecule has 4 nitrogen and oxygen atoms in total. The van der Waals surface area contributed by atoms with Gasteiger partial charge in [-0.1, -0.05) is 51.4 Å². The molecule has 0 bridgehead atoms. The van der Waals surface area contributed by atoms with Crippen LogP contribution in [0.4, 0.5) is 5.69 Å². The maximum absolute atomic E-state index is 11.9. The first-order valence-corrected chi connectivity index (χ1v) is 9.67. The minimum absolute atomic E-state index is 0.205. The molecule has 2 aromatic carbocycles. The molecule has 27 heavy (non-hydrogen) atoms. The van der Waals surface area contributed by atoms with Crippen LogP contribution < -0.4 is 4.74 Å². The largest absolute Gasteiger partial charge is 0.426 e. The molecule has 0 aliphatic heterocycles. The number of carbonyl (C=O) groups is 1. The summed E-state index contributed by atoms with van der Waals surface area (Å²) in [5, 5.41) is 0.565. The van der Waals surface area contributed by atoms with Crippen molar-refractivity contribution in [2.75, 3.05) is 13.1 Å². The van der Waals surface area contributed by atoms with E-state index in [2.05, 4.69) is 35.9 Å². The number of nitrogens with zero attached hydrogens (tertiary/aromatic N) is 2. The molecule has 144 valence electrons. The van der Waals surface area contributed by atoms with Crippen LogP contribution in [0, 0.1) is 5.92 Å². The van der Waals surface area contributed by atoms with Gasteiger partial charge in [-0.2, -0.15) is 0 Å². The lowest BCUT2D eigenvalue weighted by molar-refractivity contribution is -0.137. The third kappa shape index (κ3) is 6.49. The molecule has 0 aliphatic rings. The molecule has 0 saturated heterocycles. The fraction of sp³-hybridized carbons (Fsp3) is 0.364. The van der Waals surface area contributed by atoms with Crippen LogP contribution in [0.3, 0.4) is 0 Å². The summed E-state index contributed by atoms with van der Waals surface area (Å²) in [6, 6.07) is 13.3. The summed E-state index contributed by atoms with van der Waals surface area (Å²) in [6.45, 7) is 10.9. The van der Waals surface area contributed by atoms with Crippen molar-refractivity contribution in [1.82, 2.24) is 4.90 Å². The van der Waals surface area contributed by atoms with Gasteiger partial charge < -0.3 is 4.74 Å². The highest BCUT2D eigenvalue weighted by Gasteiger charge is 2.12. The first kappa shape index (κ1) is 21.1. The normalized spacial score (nSPS) is 11.5. The summed E-state index contributed by atoms with van der Waals surface area (Å²) in [7, 11) is 0. The molecule has 2 aromatic rings. The average molecular weight is 387 g/mol. The molecule has 0 heterocycles. The lowest BCUT2D eigenvalue weighted by Gasteiger charge is -2.17. The molecule has 0 amide bonds. The highest BCUT2D eigenvalue weighted by atomic mass is 35.5. The van der Waals surface area contributed by atoms with Crippen molar-refractivity contribution in [2.24, 2.45) is 10.9 Å². The average Bonchev–Trinajstić information content (AvgIpc) is 2.67. The van der Waals surface area contributed by atoms with Crippen LogP contribution in [0.1, 0.15) is 38.8 Å². The molecule has 2 rings (SSSR count). The summed E-state index contributed by atoms with van der Waals surface area (Å²) >= 11 is 6.09. The van der Waals surface area contributed by atoms with Crippen molar-refractivity contribution >= 4 is 29.5 Å². The van der Waals surface area contributed by atoms with Crippen molar-refractivity contribution in [3.8, 4) is 5.75 Å². The van der Waals surface area contributed by atoms with Crippen molar-refractivity contribution in [1.29, 1.82) is 0 Å². The Kier molecular flexibility index (Phi) is 8.01. The summed E-state index contributed by atoms with van der Waals surface area (Å²) in [5.74, 6) is -0.0310. The van der Waals surface area contributed by atoms with Gasteiger partial charge in [-0.05, 0) is 49.0 Å². The third-order valence-corrected chi connectivity index (χ3v) is 4.48. The highest BCUT2D eigenvalue weighted by Crippen LogP contribution is 2.23. The predicted molar refractivity (Wildman–Crippen MR) is 112 cm³/mol. The van der Waals surface area contributed by atoms with E-state index in [4.69, 9.17) is 16.3 Å². The maximum Gasteiger partial charge on any atom is 0.313 e. The Morgan fingerprint density at radius 1 is 1.15 bits per heavy atom. The van der Waals surface area contributed by atoms with E-state index < -0.39 is 0 Å². The van der Waals surface area contributed by atoms with E-state index in [1.54, 1.807) is 38.3 Å². The van der Waals surface area contributed by atoms with E-state index in [9.17, 15) is 4.79 Å². The van der Waals surface area contributed by atoms with Crippen molar-refractivity contribution in [2.45, 2.75) is 34.2 Å². The van der Waals surface area contributed by atoms with Crippen molar-refractivity contribution in [3.63, 3.8) is 0 Å². The quantitative estimate of drug-likeness (QED) is 0.342. The number of rotatable bonds is 8. The molecule has 0 spiro atoms. The lowest BCUT2D eigenvalue weighted by atomic mass is 10.2. The number of aliphatic imine (C=N–C) groups is 1. The Morgan fingerprint density at radius 2 is 1.81 bits per heavy atom. The molecule has 0 N–H and O–H groups in total. The number of benzene rings is 2. The molecule has 0 fully saturated rings. The molecular weight excluding hydrogens is 360 g/mol. The SMILES string of the molecule is CCN(CC)Cc1ccc(N=Cc2cc(Cl)ccc2OC(=O)C(C)C)cc1. The molecule has 5 heteroatoms. The third-order valence-electron chi connectivity index (χ3n) is 4.24. The summed E-state index contributed by atoms with van der Waals surface area (Å²) in [4.78, 5) is 18.8. The number of esters is 1. The molecule has 0 radical (unpaired) electrons. The Hall–Kier alpha value is -2.17. The molecule has 0 saturated carbocycles. The lowest BCUT2D eigenvalue weighted by Crippen LogP contribution is -2.21. The summed E-state index contributed by atoms with van der Waals surface area (Å²) in [6.07, 6.45) is 1.67. The molecule has 0 unspecified atom stereocenters. The zero-order chi connectivity index (χ0) is 19.8. The Morgan fingerprint density at radius 3 is 2.41 bits per heavy atom. The van der Waals surface area contributed by atoms with Crippen LogP contribution in [-0.4, -0.2) is 30.2 Å². The standard InChI is InChI=1S/C22H27ClN2O2/c1-5-25(6-2)15-17-7-10-20(11-8-17)24-14-18-13-19(23)9-12-21(18)27-22(26)16(3)4/h7-14,16H,5-6,15H2,1-4H3. The van der Waals surface area contributed by atoms with Crippen LogP contribution in [-0.2, 0) is 11.3 Å². The molecule has 0 atom stereocenters. The van der Waals surface area contributed by atoms with Crippen LogP contribution in [0.15, 0.2) is 47.5 Å². The van der Waals surface area contributed by atoms with Gasteiger partial charge in [0, 0.05) is 23.3 Å². The zero-order valence-corrected chi connectivity index (χ0v) is 17.2. The minimum Gasteiger partial charge on any atom is -0.426 e. The van der Waals surface area contributed by atoms with Gasteiger partial charge in [-0.15, -0.1) is 0 Å². The van der Waals surface area contributed by atoms with E-state index in [0.717, 1.165) is 25.3 Å². The summed E-state index contributed by atoms with van der Waals surface area (Å²) < 4.78 is 5.44. The van der Waals surface area contributed by atoms with Gasteiger partial charge in [0.05, 0.1) is 11.6 Å². The summed E-state index contributed by atoms with van der Waals surface area (Å²) in [5.41, 5.74) is 2.76. The van der Waals surface area contributed by atoms with Crippen LogP contribution in [0.5, 0.6) is 5.75 Å². The zero-order valence-electron chi connectivity index (χ0n) is 16.4. The van der Waals surface area contributed by atoms with E-state index in [1.165, 1.54) is 5.56 Å². The monoisotopic (exact) mass is 386 g/mol. The van der Waals surface area contributed by atoms with Gasteiger partial charge in [0.15, 0.2) is 0 Å². The van der Waals surface area contributed by atoms with Gasteiger partial charge in [0.2, 0.25) is 0 Å². The topological polar surface area (TPSA) is 41.9 Å². The van der Waals surface area contributed by atoms with E-state index >= 15 is 0 Å². The minimum atomic E-state index is -0.285. The van der Waals surface area contributed by atoms with Crippen LogP contribution in [0.25, 0.3) is 0 Å². The van der Waals surface area contributed by atoms with Gasteiger partial charge in [0.1, 0.15) is 5.75 Å². The Bertz CT molecular complexity index is 781. The number of ether oxygens (including phenoxy) is 1. The first-order valence-electron chi connectivity index (χ1n) is 9.29. The highest BCUT2D eigenvalue weighted by molar-refractivity contribution is 6.31. The number of hydrogen-bond donors (Lipinski definition) is 0. The first-order chi connectivity index (χ1) is 12.9. The second kappa shape index (κ2) is 10.2. The van der Waals surface area contributed by atoms with Crippen LogP contribution in [0.2, 0.25) is 5.02 Å². The fourth-order valence-corrected chi connectivity index (χ4v) is 2.66. The molecule has 0 aromatic heterocycles. The predicted octanol–water partition coefficient (Wildman–Crippen LogP) is 5.49. The van der Waals surface area contributed by atoms with Crippen molar-refractivity contribution in [3.05, 3.63) is 58.6 Å².